The van der Waals surface area contributed by atoms with Gasteiger partial charge in [-0.05, 0) is 25.3 Å². The molecule has 0 radical (unpaired) electrons. The minimum absolute atomic E-state index is 0.527. The third-order valence-electron chi connectivity index (χ3n) is 4.21. The Labute approximate surface area is 108 Å². The number of hydrogen-bond acceptors (Lipinski definition) is 4. The van der Waals surface area contributed by atoms with Crippen molar-refractivity contribution in [3.8, 4) is 0 Å². The summed E-state index contributed by atoms with van der Waals surface area (Å²) in [5.74, 6) is 1.91. The van der Waals surface area contributed by atoms with Gasteiger partial charge in [0.15, 0.2) is 0 Å². The molecule has 2 aliphatic heterocycles. The molecule has 2 unspecified atom stereocenters. The Morgan fingerprint density at radius 3 is 3.11 bits per heavy atom. The smallest absolute Gasteiger partial charge is 0.124 e. The predicted octanol–water partition coefficient (Wildman–Crippen LogP) is 0.827. The highest BCUT2D eigenvalue weighted by atomic mass is 15.4. The van der Waals surface area contributed by atoms with Crippen molar-refractivity contribution < 1.29 is 0 Å². The van der Waals surface area contributed by atoms with Crippen molar-refractivity contribution in [3.05, 3.63) is 12.3 Å². The second-order valence-corrected chi connectivity index (χ2v) is 5.53. The van der Waals surface area contributed by atoms with Crippen LogP contribution in [0, 0.1) is 5.92 Å². The summed E-state index contributed by atoms with van der Waals surface area (Å²) < 4.78 is 2.12. The van der Waals surface area contributed by atoms with Gasteiger partial charge in [-0.3, -0.25) is 0 Å². The van der Waals surface area contributed by atoms with Crippen LogP contribution in [0.4, 0.5) is 5.82 Å². The molecule has 2 aliphatic rings. The zero-order valence-electron chi connectivity index (χ0n) is 11.0. The van der Waals surface area contributed by atoms with Gasteiger partial charge in [-0.2, -0.15) is 5.10 Å². The van der Waals surface area contributed by atoms with E-state index in [1.54, 1.807) is 0 Å². The van der Waals surface area contributed by atoms with Gasteiger partial charge in [0.05, 0.1) is 12.2 Å². The molecule has 2 fully saturated rings. The van der Waals surface area contributed by atoms with Gasteiger partial charge >= 0.3 is 0 Å². The summed E-state index contributed by atoms with van der Waals surface area (Å²) in [7, 11) is 0. The molecule has 100 valence electrons. The van der Waals surface area contributed by atoms with Gasteiger partial charge in [0.2, 0.25) is 0 Å². The largest absolute Gasteiger partial charge is 0.369 e. The van der Waals surface area contributed by atoms with Crippen LogP contribution in [0.25, 0.3) is 0 Å². The Balaban J connectivity index is 1.57. The van der Waals surface area contributed by atoms with Crippen molar-refractivity contribution in [2.45, 2.75) is 31.8 Å². The molecular formula is C13H23N5. The third kappa shape index (κ3) is 2.37. The standard InChI is InChI=1S/C13H23N5/c1-10-3-2-5-15-12(10)9-16-13-4-6-17-18(13)11-7-14-8-11/h4,6,10-12,14-16H,2-3,5,7-9H2,1H3. The Morgan fingerprint density at radius 1 is 1.50 bits per heavy atom. The van der Waals surface area contributed by atoms with E-state index in [-0.39, 0.29) is 0 Å². The number of nitrogens with zero attached hydrogens (tertiary/aromatic N) is 2. The SMILES string of the molecule is CC1CCCNC1CNc1ccnn1C1CNC1. The lowest BCUT2D eigenvalue weighted by atomic mass is 9.93. The van der Waals surface area contributed by atoms with Crippen molar-refractivity contribution in [3.63, 3.8) is 0 Å². The topological polar surface area (TPSA) is 53.9 Å². The number of rotatable bonds is 4. The molecule has 0 aromatic carbocycles. The van der Waals surface area contributed by atoms with E-state index in [0.29, 0.717) is 12.1 Å². The Morgan fingerprint density at radius 2 is 2.39 bits per heavy atom. The maximum atomic E-state index is 4.41. The molecule has 0 spiro atoms. The van der Waals surface area contributed by atoms with Gasteiger partial charge in [0.25, 0.3) is 0 Å². The lowest BCUT2D eigenvalue weighted by molar-refractivity contribution is 0.306. The van der Waals surface area contributed by atoms with Crippen LogP contribution in [0.3, 0.4) is 0 Å². The summed E-state index contributed by atoms with van der Waals surface area (Å²) in [6.45, 7) is 6.56. The van der Waals surface area contributed by atoms with Crippen molar-refractivity contribution in [1.82, 2.24) is 20.4 Å². The van der Waals surface area contributed by atoms with E-state index in [4.69, 9.17) is 0 Å². The fourth-order valence-electron chi connectivity index (χ4n) is 2.79. The number of anilines is 1. The summed E-state index contributed by atoms with van der Waals surface area (Å²) in [5.41, 5.74) is 0. The van der Waals surface area contributed by atoms with Gasteiger partial charge in [-0.25, -0.2) is 4.68 Å². The summed E-state index contributed by atoms with van der Waals surface area (Å²) >= 11 is 0. The second-order valence-electron chi connectivity index (χ2n) is 5.53. The molecule has 18 heavy (non-hydrogen) atoms. The van der Waals surface area contributed by atoms with E-state index in [9.17, 15) is 0 Å². The second kappa shape index (κ2) is 5.28. The average Bonchev–Trinajstić information content (AvgIpc) is 2.74. The van der Waals surface area contributed by atoms with Gasteiger partial charge in [0, 0.05) is 31.7 Å². The maximum absolute atomic E-state index is 4.41. The minimum Gasteiger partial charge on any atom is -0.369 e. The predicted molar refractivity (Wildman–Crippen MR) is 72.8 cm³/mol. The first-order valence-electron chi connectivity index (χ1n) is 7.06. The van der Waals surface area contributed by atoms with Crippen LogP contribution in [-0.2, 0) is 0 Å². The molecule has 0 aliphatic carbocycles. The van der Waals surface area contributed by atoms with Crippen molar-refractivity contribution in [1.29, 1.82) is 0 Å². The Hall–Kier alpha value is -1.07. The first-order chi connectivity index (χ1) is 8.84. The number of piperidine rings is 1. The highest BCUT2D eigenvalue weighted by Crippen LogP contribution is 2.19. The summed E-state index contributed by atoms with van der Waals surface area (Å²) in [5, 5.41) is 14.9. The first kappa shape index (κ1) is 12.0. The van der Waals surface area contributed by atoms with Gasteiger partial charge in [-0.1, -0.05) is 6.92 Å². The molecule has 5 nitrogen and oxygen atoms in total. The minimum atomic E-state index is 0.527. The normalized spacial score (nSPS) is 28.9. The molecule has 0 saturated carbocycles. The van der Waals surface area contributed by atoms with E-state index in [0.717, 1.165) is 37.9 Å². The molecule has 3 heterocycles. The van der Waals surface area contributed by atoms with E-state index >= 15 is 0 Å². The van der Waals surface area contributed by atoms with E-state index < -0.39 is 0 Å². The van der Waals surface area contributed by atoms with E-state index in [1.807, 2.05) is 6.20 Å². The summed E-state index contributed by atoms with van der Waals surface area (Å²) in [6, 6.07) is 3.19. The monoisotopic (exact) mass is 249 g/mol. The van der Waals surface area contributed by atoms with Crippen LogP contribution >= 0.6 is 0 Å². The van der Waals surface area contributed by atoms with Crippen LogP contribution in [-0.4, -0.2) is 42.0 Å². The molecule has 5 heteroatoms. The van der Waals surface area contributed by atoms with E-state index in [2.05, 4.69) is 38.7 Å². The number of nitrogens with one attached hydrogen (secondary N) is 3. The Kier molecular flexibility index (Phi) is 3.52. The van der Waals surface area contributed by atoms with Crippen molar-refractivity contribution in [2.75, 3.05) is 31.5 Å². The van der Waals surface area contributed by atoms with Crippen LogP contribution in [0.5, 0.6) is 0 Å². The number of aromatic nitrogens is 2. The molecule has 0 bridgehead atoms. The summed E-state index contributed by atoms with van der Waals surface area (Å²) in [4.78, 5) is 0. The highest BCUT2D eigenvalue weighted by Gasteiger charge is 2.23. The molecule has 3 N–H and O–H groups in total. The van der Waals surface area contributed by atoms with Gasteiger partial charge in [-0.15, -0.1) is 0 Å². The molecule has 2 atom stereocenters. The highest BCUT2D eigenvalue weighted by molar-refractivity contribution is 5.35. The zero-order chi connectivity index (χ0) is 12.4. The van der Waals surface area contributed by atoms with Crippen molar-refractivity contribution >= 4 is 5.82 Å². The third-order valence-corrected chi connectivity index (χ3v) is 4.21. The molecule has 3 rings (SSSR count). The van der Waals surface area contributed by atoms with Crippen LogP contribution in [0.1, 0.15) is 25.8 Å². The fourth-order valence-corrected chi connectivity index (χ4v) is 2.79. The van der Waals surface area contributed by atoms with Gasteiger partial charge in [0.1, 0.15) is 5.82 Å². The first-order valence-corrected chi connectivity index (χ1v) is 7.06. The van der Waals surface area contributed by atoms with Crippen LogP contribution < -0.4 is 16.0 Å². The quantitative estimate of drug-likeness (QED) is 0.740. The molecular weight excluding hydrogens is 226 g/mol. The fraction of sp³-hybridized carbons (Fsp3) is 0.769. The number of hydrogen-bond donors (Lipinski definition) is 3. The van der Waals surface area contributed by atoms with E-state index in [1.165, 1.54) is 12.8 Å². The maximum Gasteiger partial charge on any atom is 0.124 e. The van der Waals surface area contributed by atoms with Crippen molar-refractivity contribution in [2.24, 2.45) is 5.92 Å². The average molecular weight is 249 g/mol. The molecule has 1 aromatic heterocycles. The lowest BCUT2D eigenvalue weighted by Gasteiger charge is -2.32. The lowest BCUT2D eigenvalue weighted by Crippen LogP contribution is -2.46. The molecule has 0 amide bonds. The molecule has 1 aromatic rings. The Bertz CT molecular complexity index is 384. The van der Waals surface area contributed by atoms with Gasteiger partial charge < -0.3 is 16.0 Å². The van der Waals surface area contributed by atoms with Crippen LogP contribution in [0.2, 0.25) is 0 Å². The van der Waals surface area contributed by atoms with Crippen LogP contribution in [0.15, 0.2) is 12.3 Å². The zero-order valence-corrected chi connectivity index (χ0v) is 11.0. The summed E-state index contributed by atoms with van der Waals surface area (Å²) in [6.07, 6.45) is 4.53. The molecule has 2 saturated heterocycles.